The number of aromatic nitrogens is 1. The highest BCUT2D eigenvalue weighted by molar-refractivity contribution is 6.12. The topological polar surface area (TPSA) is 65.8 Å². The van der Waals surface area contributed by atoms with E-state index in [-0.39, 0.29) is 5.57 Å². The Bertz CT molecular complexity index is 961. The van der Waals surface area contributed by atoms with Crippen molar-refractivity contribution in [1.29, 1.82) is 5.26 Å². The lowest BCUT2D eigenvalue weighted by Gasteiger charge is -2.07. The van der Waals surface area contributed by atoms with Gasteiger partial charge in [0.2, 0.25) is 0 Å². The highest BCUT2D eigenvalue weighted by Crippen LogP contribution is 2.22. The molecule has 3 aromatic rings. The van der Waals surface area contributed by atoms with E-state index in [0.717, 1.165) is 22.0 Å². The molecule has 0 aliphatic carbocycles. The highest BCUT2D eigenvalue weighted by atomic mass is 16.1. The maximum atomic E-state index is 12.4. The first-order chi connectivity index (χ1) is 11.7. The Labute approximate surface area is 140 Å². The molecule has 1 heterocycles. The predicted molar refractivity (Wildman–Crippen MR) is 95.1 cm³/mol. The largest absolute Gasteiger partial charge is 0.321 e. The van der Waals surface area contributed by atoms with Crippen LogP contribution in [0.15, 0.2) is 66.4 Å². The number of carbonyl (C=O) groups excluding carboxylic acids is 1. The maximum absolute atomic E-state index is 12.4. The van der Waals surface area contributed by atoms with Crippen LogP contribution in [0.2, 0.25) is 0 Å². The lowest BCUT2D eigenvalue weighted by atomic mass is 10.1. The van der Waals surface area contributed by atoms with Gasteiger partial charge in [0.25, 0.3) is 5.91 Å². The van der Waals surface area contributed by atoms with Gasteiger partial charge in [0.15, 0.2) is 0 Å². The predicted octanol–water partition coefficient (Wildman–Crippen LogP) is 4.09. The monoisotopic (exact) mass is 313 g/mol. The molecule has 1 N–H and O–H groups in total. The van der Waals surface area contributed by atoms with Gasteiger partial charge >= 0.3 is 0 Å². The summed E-state index contributed by atoms with van der Waals surface area (Å²) in [6, 6.07) is 18.8. The zero-order valence-electron chi connectivity index (χ0n) is 13.2. The molecule has 0 saturated heterocycles. The molecule has 1 amide bonds. The van der Waals surface area contributed by atoms with E-state index in [2.05, 4.69) is 10.3 Å². The number of aryl methyl sites for hydroxylation is 1. The van der Waals surface area contributed by atoms with Crippen molar-refractivity contribution >= 4 is 28.6 Å². The van der Waals surface area contributed by atoms with E-state index in [0.29, 0.717) is 5.69 Å². The first kappa shape index (κ1) is 15.4. The van der Waals surface area contributed by atoms with Gasteiger partial charge in [-0.25, -0.2) is 0 Å². The van der Waals surface area contributed by atoms with Crippen LogP contribution in [0.5, 0.6) is 0 Å². The van der Waals surface area contributed by atoms with Crippen LogP contribution in [-0.2, 0) is 4.79 Å². The third kappa shape index (κ3) is 3.31. The Morgan fingerprint density at radius 3 is 2.67 bits per heavy atom. The molecule has 2 aromatic carbocycles. The van der Waals surface area contributed by atoms with Crippen molar-refractivity contribution in [2.45, 2.75) is 6.92 Å². The van der Waals surface area contributed by atoms with Gasteiger partial charge in [0.1, 0.15) is 11.6 Å². The number of nitriles is 1. The Hall–Kier alpha value is -3.45. The van der Waals surface area contributed by atoms with Crippen molar-refractivity contribution in [3.05, 3.63) is 77.5 Å². The van der Waals surface area contributed by atoms with Gasteiger partial charge in [-0.3, -0.25) is 9.78 Å². The van der Waals surface area contributed by atoms with Crippen molar-refractivity contribution < 1.29 is 4.79 Å². The second kappa shape index (κ2) is 6.76. The zero-order valence-corrected chi connectivity index (χ0v) is 13.2. The number of anilines is 1. The van der Waals surface area contributed by atoms with E-state index >= 15 is 0 Å². The molecule has 0 spiro atoms. The van der Waals surface area contributed by atoms with Crippen molar-refractivity contribution in [2.75, 3.05) is 5.32 Å². The molecule has 4 nitrogen and oxygen atoms in total. The molecule has 3 rings (SSSR count). The fourth-order valence-electron chi connectivity index (χ4n) is 2.38. The fourth-order valence-corrected chi connectivity index (χ4v) is 2.38. The van der Waals surface area contributed by atoms with Gasteiger partial charge < -0.3 is 5.32 Å². The summed E-state index contributed by atoms with van der Waals surface area (Å²) in [6.07, 6.45) is 3.28. The molecule has 4 heteroatoms. The lowest BCUT2D eigenvalue weighted by Crippen LogP contribution is -2.13. The molecule has 0 radical (unpaired) electrons. The number of fused-ring (bicyclic) bond motifs is 1. The number of amides is 1. The average molecular weight is 313 g/mol. The first-order valence-corrected chi connectivity index (χ1v) is 7.51. The third-order valence-electron chi connectivity index (χ3n) is 3.65. The second-order valence-electron chi connectivity index (χ2n) is 5.41. The van der Waals surface area contributed by atoms with E-state index in [1.165, 1.54) is 0 Å². The molecule has 0 atom stereocenters. The molecular weight excluding hydrogens is 298 g/mol. The summed E-state index contributed by atoms with van der Waals surface area (Å²) in [4.78, 5) is 16.7. The number of hydrogen-bond acceptors (Lipinski definition) is 3. The van der Waals surface area contributed by atoms with Gasteiger partial charge in [-0.2, -0.15) is 5.26 Å². The fraction of sp³-hybridized carbons (Fsp3) is 0.0500. The smallest absolute Gasteiger partial charge is 0.266 e. The van der Waals surface area contributed by atoms with Crippen LogP contribution >= 0.6 is 0 Å². The number of nitrogens with zero attached hydrogens (tertiary/aromatic N) is 2. The molecule has 0 fully saturated rings. The van der Waals surface area contributed by atoms with Crippen LogP contribution < -0.4 is 5.32 Å². The van der Waals surface area contributed by atoms with Crippen molar-refractivity contribution in [3.63, 3.8) is 0 Å². The van der Waals surface area contributed by atoms with E-state index < -0.39 is 5.91 Å². The minimum Gasteiger partial charge on any atom is -0.321 e. The molecular formula is C20H15N3O. The molecule has 24 heavy (non-hydrogen) atoms. The van der Waals surface area contributed by atoms with Crippen LogP contribution in [0, 0.1) is 18.3 Å². The van der Waals surface area contributed by atoms with Crippen LogP contribution in [-0.4, -0.2) is 10.9 Å². The minimum absolute atomic E-state index is 0.0553. The lowest BCUT2D eigenvalue weighted by molar-refractivity contribution is -0.112. The Morgan fingerprint density at radius 1 is 1.12 bits per heavy atom. The number of pyridine rings is 1. The number of hydrogen-bond donors (Lipinski definition) is 1. The first-order valence-electron chi connectivity index (χ1n) is 7.51. The molecule has 0 unspecified atom stereocenters. The van der Waals surface area contributed by atoms with Gasteiger partial charge in [0, 0.05) is 11.6 Å². The van der Waals surface area contributed by atoms with Crippen molar-refractivity contribution in [2.24, 2.45) is 0 Å². The molecule has 0 saturated carbocycles. The third-order valence-corrected chi connectivity index (χ3v) is 3.65. The average Bonchev–Trinajstić information content (AvgIpc) is 2.61. The SMILES string of the molecule is Cc1ccc(C=C(C#N)C(=O)Nc2cccc3ncccc23)cc1. The van der Waals surface area contributed by atoms with Crippen LogP contribution in [0.25, 0.3) is 17.0 Å². The summed E-state index contributed by atoms with van der Waals surface area (Å²) >= 11 is 0. The summed E-state index contributed by atoms with van der Waals surface area (Å²) in [7, 11) is 0. The number of nitrogens with one attached hydrogen (secondary N) is 1. The Kier molecular flexibility index (Phi) is 4.35. The van der Waals surface area contributed by atoms with Gasteiger partial charge in [-0.15, -0.1) is 0 Å². The number of benzene rings is 2. The molecule has 0 aliphatic heterocycles. The highest BCUT2D eigenvalue weighted by Gasteiger charge is 2.11. The minimum atomic E-state index is -0.436. The molecule has 0 aliphatic rings. The van der Waals surface area contributed by atoms with Crippen LogP contribution in [0.1, 0.15) is 11.1 Å². The van der Waals surface area contributed by atoms with E-state index in [1.54, 1.807) is 18.3 Å². The molecule has 116 valence electrons. The second-order valence-corrected chi connectivity index (χ2v) is 5.41. The van der Waals surface area contributed by atoms with Gasteiger partial charge in [-0.05, 0) is 42.8 Å². The Morgan fingerprint density at radius 2 is 1.92 bits per heavy atom. The molecule has 1 aromatic heterocycles. The van der Waals surface area contributed by atoms with E-state index in [9.17, 15) is 10.1 Å². The van der Waals surface area contributed by atoms with Gasteiger partial charge in [-0.1, -0.05) is 35.9 Å². The van der Waals surface area contributed by atoms with Crippen molar-refractivity contribution in [3.8, 4) is 6.07 Å². The van der Waals surface area contributed by atoms with Gasteiger partial charge in [0.05, 0.1) is 11.2 Å². The summed E-state index contributed by atoms with van der Waals surface area (Å²) in [5.41, 5.74) is 3.41. The Balaban J connectivity index is 1.89. The summed E-state index contributed by atoms with van der Waals surface area (Å²) in [6.45, 7) is 1.99. The normalized spacial score (nSPS) is 11.1. The zero-order chi connectivity index (χ0) is 16.9. The summed E-state index contributed by atoms with van der Waals surface area (Å²) in [5, 5.41) is 12.9. The van der Waals surface area contributed by atoms with E-state index in [1.807, 2.05) is 61.5 Å². The van der Waals surface area contributed by atoms with Crippen LogP contribution in [0.4, 0.5) is 5.69 Å². The molecule has 0 bridgehead atoms. The van der Waals surface area contributed by atoms with Crippen molar-refractivity contribution in [1.82, 2.24) is 4.98 Å². The summed E-state index contributed by atoms with van der Waals surface area (Å²) in [5.74, 6) is -0.436. The van der Waals surface area contributed by atoms with E-state index in [4.69, 9.17) is 0 Å². The van der Waals surface area contributed by atoms with Crippen LogP contribution in [0.3, 0.4) is 0 Å². The summed E-state index contributed by atoms with van der Waals surface area (Å²) < 4.78 is 0. The number of carbonyl (C=O) groups is 1. The quantitative estimate of drug-likeness (QED) is 0.585. The number of rotatable bonds is 3. The maximum Gasteiger partial charge on any atom is 0.266 e. The standard InChI is InChI=1S/C20H15N3O/c1-14-7-9-15(10-8-14)12-16(13-21)20(24)23-19-6-2-5-18-17(19)4-3-11-22-18/h2-12H,1H3,(H,23,24).